The second-order valence-corrected chi connectivity index (χ2v) is 5.68. The third-order valence-corrected chi connectivity index (χ3v) is 4.42. The van der Waals surface area contributed by atoms with E-state index < -0.39 is 0 Å². The van der Waals surface area contributed by atoms with Crippen molar-refractivity contribution in [3.05, 3.63) is 70.7 Å². The molecule has 4 aromatic carbocycles. The molecule has 0 aliphatic carbocycles. The van der Waals surface area contributed by atoms with E-state index in [1.807, 2.05) is 24.3 Å². The molecule has 0 nitrogen and oxygen atoms in total. The number of hydrogen-bond donors (Lipinski definition) is 0. The highest BCUT2D eigenvalue weighted by atomic mass is 35.5. The molecule has 0 spiro atoms. The number of halogens is 2. The van der Waals surface area contributed by atoms with Crippen LogP contribution in [0.3, 0.4) is 0 Å². The van der Waals surface area contributed by atoms with Crippen molar-refractivity contribution in [2.24, 2.45) is 0 Å². The molecule has 0 heterocycles. The molecule has 0 saturated carbocycles. The van der Waals surface area contributed by atoms with Gasteiger partial charge in [-0.05, 0) is 33.7 Å². The molecule has 2 heteroatoms. The van der Waals surface area contributed by atoms with Gasteiger partial charge in [-0.3, -0.25) is 0 Å². The zero-order valence-corrected chi connectivity index (χ0v) is 12.0. The Hall–Kier alpha value is -1.76. The van der Waals surface area contributed by atoms with Crippen LogP contribution in [-0.2, 0) is 0 Å². The van der Waals surface area contributed by atoms with E-state index >= 15 is 0 Å². The topological polar surface area (TPSA) is 0 Å². The fourth-order valence-electron chi connectivity index (χ4n) is 2.95. The minimum absolute atomic E-state index is 0.742. The Labute approximate surface area is 126 Å². The van der Waals surface area contributed by atoms with Crippen molar-refractivity contribution >= 4 is 55.5 Å². The molecule has 0 fully saturated rings. The van der Waals surface area contributed by atoms with E-state index in [2.05, 4.69) is 36.4 Å². The lowest BCUT2D eigenvalue weighted by Crippen LogP contribution is -1.84. The third-order valence-electron chi connectivity index (χ3n) is 3.79. The molecule has 0 amide bonds. The molecule has 20 heavy (non-hydrogen) atoms. The van der Waals surface area contributed by atoms with Crippen molar-refractivity contribution < 1.29 is 0 Å². The first kappa shape index (κ1) is 12.0. The average Bonchev–Trinajstić information content (AvgIpc) is 2.50. The first-order chi connectivity index (χ1) is 9.77. The molecule has 0 saturated heterocycles. The number of hydrogen-bond acceptors (Lipinski definition) is 0. The fraction of sp³-hybridized carbons (Fsp3) is 0. The predicted molar refractivity (Wildman–Crippen MR) is 89.0 cm³/mol. The summed E-state index contributed by atoms with van der Waals surface area (Å²) >= 11 is 12.9. The highest BCUT2D eigenvalue weighted by molar-refractivity contribution is 6.45. The van der Waals surface area contributed by atoms with Gasteiger partial charge >= 0.3 is 0 Å². The van der Waals surface area contributed by atoms with Crippen molar-refractivity contribution in [3.8, 4) is 0 Å². The van der Waals surface area contributed by atoms with Crippen LogP contribution in [0.15, 0.2) is 60.7 Å². The van der Waals surface area contributed by atoms with Crippen LogP contribution in [0.5, 0.6) is 0 Å². The van der Waals surface area contributed by atoms with E-state index in [1.165, 1.54) is 10.8 Å². The van der Waals surface area contributed by atoms with Gasteiger partial charge in [0.15, 0.2) is 0 Å². The minimum atomic E-state index is 0.742. The smallest absolute Gasteiger partial charge is 0.0491 e. The summed E-state index contributed by atoms with van der Waals surface area (Å²) in [5, 5.41) is 8.27. The number of benzene rings is 4. The Balaban J connectivity index is 2.49. The molecule has 4 aromatic rings. The quantitative estimate of drug-likeness (QED) is 0.327. The Morgan fingerprint density at radius 3 is 1.20 bits per heavy atom. The number of rotatable bonds is 0. The van der Waals surface area contributed by atoms with E-state index in [4.69, 9.17) is 23.2 Å². The molecule has 0 aliphatic rings. The maximum atomic E-state index is 6.45. The maximum absolute atomic E-state index is 6.45. The van der Waals surface area contributed by atoms with Crippen LogP contribution in [0.4, 0.5) is 0 Å². The SMILES string of the molecule is Clc1ccc(Cl)c2c3ccccc3c3ccccc3c12. The van der Waals surface area contributed by atoms with E-state index in [1.54, 1.807) is 0 Å². The van der Waals surface area contributed by atoms with Gasteiger partial charge in [-0.15, -0.1) is 0 Å². The molecule has 0 radical (unpaired) electrons. The monoisotopic (exact) mass is 296 g/mol. The Morgan fingerprint density at radius 1 is 0.450 bits per heavy atom. The molecule has 0 aliphatic heterocycles. The van der Waals surface area contributed by atoms with Crippen molar-refractivity contribution in [1.29, 1.82) is 0 Å². The van der Waals surface area contributed by atoms with Gasteiger partial charge in [0.2, 0.25) is 0 Å². The molecule has 0 unspecified atom stereocenters. The van der Waals surface area contributed by atoms with Crippen LogP contribution in [0.25, 0.3) is 32.3 Å². The van der Waals surface area contributed by atoms with Crippen LogP contribution in [0.2, 0.25) is 10.0 Å². The zero-order chi connectivity index (χ0) is 13.7. The molecule has 0 aromatic heterocycles. The Bertz CT molecular complexity index is 891. The summed E-state index contributed by atoms with van der Waals surface area (Å²) in [4.78, 5) is 0. The molecular formula is C18H10Cl2. The summed E-state index contributed by atoms with van der Waals surface area (Å²) in [6.45, 7) is 0. The molecule has 0 N–H and O–H groups in total. The lowest BCUT2D eigenvalue weighted by atomic mass is 9.94. The first-order valence-corrected chi connectivity index (χ1v) is 7.20. The van der Waals surface area contributed by atoms with Gasteiger partial charge in [0, 0.05) is 20.8 Å². The molecular weight excluding hydrogens is 287 g/mol. The third kappa shape index (κ3) is 1.56. The normalized spacial score (nSPS) is 11.5. The van der Waals surface area contributed by atoms with Crippen molar-refractivity contribution in [1.82, 2.24) is 0 Å². The van der Waals surface area contributed by atoms with Crippen LogP contribution >= 0.6 is 23.2 Å². The van der Waals surface area contributed by atoms with Crippen molar-refractivity contribution in [2.75, 3.05) is 0 Å². The largest absolute Gasteiger partial charge is 0.0836 e. The summed E-state index contributed by atoms with van der Waals surface area (Å²) in [5.74, 6) is 0. The predicted octanol–water partition coefficient (Wildman–Crippen LogP) is 6.45. The van der Waals surface area contributed by atoms with Crippen LogP contribution in [0.1, 0.15) is 0 Å². The van der Waals surface area contributed by atoms with Gasteiger partial charge < -0.3 is 0 Å². The van der Waals surface area contributed by atoms with Gasteiger partial charge in [-0.25, -0.2) is 0 Å². The lowest BCUT2D eigenvalue weighted by molar-refractivity contribution is 1.77. The summed E-state index contributed by atoms with van der Waals surface area (Å²) in [7, 11) is 0. The summed E-state index contributed by atoms with van der Waals surface area (Å²) in [6, 6.07) is 20.4. The molecule has 96 valence electrons. The van der Waals surface area contributed by atoms with E-state index in [9.17, 15) is 0 Å². The Kier molecular flexibility index (Phi) is 2.63. The average molecular weight is 297 g/mol. The number of fused-ring (bicyclic) bond motifs is 6. The van der Waals surface area contributed by atoms with Gasteiger partial charge in [-0.2, -0.15) is 0 Å². The molecule has 0 atom stereocenters. The highest BCUT2D eigenvalue weighted by Gasteiger charge is 2.12. The van der Waals surface area contributed by atoms with Crippen LogP contribution in [-0.4, -0.2) is 0 Å². The van der Waals surface area contributed by atoms with Gasteiger partial charge in [0.05, 0.1) is 0 Å². The standard InChI is InChI=1S/C18H10Cl2/c19-15-9-10-16(20)18-14-8-4-2-6-12(14)11-5-1-3-7-13(11)17(15)18/h1-10H. The molecule has 0 bridgehead atoms. The minimum Gasteiger partial charge on any atom is -0.0836 e. The van der Waals surface area contributed by atoms with Crippen LogP contribution < -0.4 is 0 Å². The summed E-state index contributed by atoms with van der Waals surface area (Å²) in [5.41, 5.74) is 0. The van der Waals surface area contributed by atoms with Crippen molar-refractivity contribution in [3.63, 3.8) is 0 Å². The van der Waals surface area contributed by atoms with Gasteiger partial charge in [0.25, 0.3) is 0 Å². The maximum Gasteiger partial charge on any atom is 0.0491 e. The Morgan fingerprint density at radius 2 is 0.800 bits per heavy atom. The highest BCUT2D eigenvalue weighted by Crippen LogP contribution is 2.41. The van der Waals surface area contributed by atoms with Crippen LogP contribution in [0, 0.1) is 0 Å². The van der Waals surface area contributed by atoms with E-state index in [0.29, 0.717) is 0 Å². The second kappa shape index (κ2) is 4.37. The van der Waals surface area contributed by atoms with E-state index in [-0.39, 0.29) is 0 Å². The van der Waals surface area contributed by atoms with Crippen molar-refractivity contribution in [2.45, 2.75) is 0 Å². The van der Waals surface area contributed by atoms with E-state index in [0.717, 1.165) is 31.6 Å². The molecule has 4 rings (SSSR count). The lowest BCUT2D eigenvalue weighted by Gasteiger charge is -2.12. The van der Waals surface area contributed by atoms with Gasteiger partial charge in [-0.1, -0.05) is 71.7 Å². The summed E-state index contributed by atoms with van der Waals surface area (Å²) in [6.07, 6.45) is 0. The van der Waals surface area contributed by atoms with Gasteiger partial charge in [0.1, 0.15) is 0 Å². The summed E-state index contributed by atoms with van der Waals surface area (Å²) < 4.78 is 0. The fourth-order valence-corrected chi connectivity index (χ4v) is 3.47. The zero-order valence-electron chi connectivity index (χ0n) is 10.5. The second-order valence-electron chi connectivity index (χ2n) is 4.87. The first-order valence-electron chi connectivity index (χ1n) is 6.44.